The maximum absolute atomic E-state index is 11.2. The highest BCUT2D eigenvalue weighted by molar-refractivity contribution is 5.95. The average Bonchev–Trinajstić information content (AvgIpc) is 2.76. The maximum atomic E-state index is 11.2. The SMILES string of the molecule is COC1CCN(c2c(C)cccc2C(=O)O)C1. The van der Waals surface area contributed by atoms with Gasteiger partial charge in [-0.2, -0.15) is 0 Å². The molecule has 1 heterocycles. The Kier molecular flexibility index (Phi) is 3.33. The molecule has 1 unspecified atom stereocenters. The molecule has 4 nitrogen and oxygen atoms in total. The summed E-state index contributed by atoms with van der Waals surface area (Å²) in [5.74, 6) is -0.871. The van der Waals surface area contributed by atoms with Crippen molar-refractivity contribution in [2.45, 2.75) is 19.4 Å². The number of nitrogens with zero attached hydrogens (tertiary/aromatic N) is 1. The highest BCUT2D eigenvalue weighted by Crippen LogP contribution is 2.29. The Labute approximate surface area is 101 Å². The zero-order valence-electron chi connectivity index (χ0n) is 10.1. The van der Waals surface area contributed by atoms with Crippen molar-refractivity contribution in [3.63, 3.8) is 0 Å². The van der Waals surface area contributed by atoms with Gasteiger partial charge in [0.1, 0.15) is 0 Å². The molecule has 0 aromatic heterocycles. The molecule has 4 heteroatoms. The first-order valence-electron chi connectivity index (χ1n) is 5.74. The summed E-state index contributed by atoms with van der Waals surface area (Å²) in [6, 6.07) is 5.39. The van der Waals surface area contributed by atoms with Gasteiger partial charge in [0.05, 0.1) is 17.4 Å². The van der Waals surface area contributed by atoms with Crippen LogP contribution in [0.5, 0.6) is 0 Å². The fourth-order valence-electron chi connectivity index (χ4n) is 2.37. The molecule has 1 N–H and O–H groups in total. The molecule has 0 radical (unpaired) electrons. The molecule has 1 fully saturated rings. The number of rotatable bonds is 3. The molecule has 0 bridgehead atoms. The number of carboxylic acid groups (broad SMARTS) is 1. The molecule has 1 aromatic rings. The number of carbonyl (C=O) groups is 1. The van der Waals surface area contributed by atoms with Crippen molar-refractivity contribution < 1.29 is 14.6 Å². The van der Waals surface area contributed by atoms with Crippen LogP contribution >= 0.6 is 0 Å². The van der Waals surface area contributed by atoms with E-state index in [9.17, 15) is 9.90 Å². The molecule has 1 aliphatic heterocycles. The van der Waals surface area contributed by atoms with Crippen LogP contribution < -0.4 is 4.90 Å². The van der Waals surface area contributed by atoms with Crippen LogP contribution in [0.25, 0.3) is 0 Å². The van der Waals surface area contributed by atoms with Gasteiger partial charge >= 0.3 is 5.97 Å². The number of anilines is 1. The van der Waals surface area contributed by atoms with Crippen molar-refractivity contribution in [2.75, 3.05) is 25.1 Å². The second-order valence-corrected chi connectivity index (χ2v) is 4.37. The van der Waals surface area contributed by atoms with Crippen LogP contribution in [-0.4, -0.2) is 37.4 Å². The number of benzene rings is 1. The van der Waals surface area contributed by atoms with Crippen molar-refractivity contribution >= 4 is 11.7 Å². The zero-order chi connectivity index (χ0) is 12.4. The van der Waals surface area contributed by atoms with E-state index < -0.39 is 5.97 Å². The Morgan fingerprint density at radius 3 is 2.88 bits per heavy atom. The van der Waals surface area contributed by atoms with Crippen molar-refractivity contribution in [1.29, 1.82) is 0 Å². The summed E-state index contributed by atoms with van der Waals surface area (Å²) >= 11 is 0. The Bertz CT molecular complexity index is 431. The summed E-state index contributed by atoms with van der Waals surface area (Å²) in [5, 5.41) is 9.22. The van der Waals surface area contributed by atoms with Crippen LogP contribution in [0.2, 0.25) is 0 Å². The predicted molar refractivity (Wildman–Crippen MR) is 65.8 cm³/mol. The van der Waals surface area contributed by atoms with Crippen LogP contribution in [0.3, 0.4) is 0 Å². The molecule has 0 spiro atoms. The number of ether oxygens (including phenoxy) is 1. The van der Waals surface area contributed by atoms with Crippen LogP contribution in [-0.2, 0) is 4.74 Å². The van der Waals surface area contributed by atoms with E-state index in [4.69, 9.17) is 4.74 Å². The third-order valence-electron chi connectivity index (χ3n) is 3.26. The van der Waals surface area contributed by atoms with Crippen LogP contribution in [0, 0.1) is 6.92 Å². The highest BCUT2D eigenvalue weighted by atomic mass is 16.5. The number of hydrogen-bond acceptors (Lipinski definition) is 3. The van der Waals surface area contributed by atoms with Gasteiger partial charge in [0.15, 0.2) is 0 Å². The van der Waals surface area contributed by atoms with Gasteiger partial charge in [-0.15, -0.1) is 0 Å². The first-order chi connectivity index (χ1) is 8.13. The summed E-state index contributed by atoms with van der Waals surface area (Å²) in [6.07, 6.45) is 1.15. The third-order valence-corrected chi connectivity index (χ3v) is 3.26. The Balaban J connectivity index is 2.34. The molecule has 0 amide bonds. The van der Waals surface area contributed by atoms with Gasteiger partial charge in [-0.25, -0.2) is 4.79 Å². The molecule has 0 saturated carbocycles. The second kappa shape index (κ2) is 4.75. The van der Waals surface area contributed by atoms with Gasteiger partial charge in [-0.05, 0) is 25.0 Å². The summed E-state index contributed by atoms with van der Waals surface area (Å²) in [5.41, 5.74) is 2.21. The van der Waals surface area contributed by atoms with Crippen molar-refractivity contribution in [3.8, 4) is 0 Å². The zero-order valence-corrected chi connectivity index (χ0v) is 10.1. The summed E-state index contributed by atoms with van der Waals surface area (Å²) in [7, 11) is 1.70. The monoisotopic (exact) mass is 235 g/mol. The van der Waals surface area contributed by atoms with Gasteiger partial charge < -0.3 is 14.7 Å². The van der Waals surface area contributed by atoms with Crippen LogP contribution in [0.4, 0.5) is 5.69 Å². The van der Waals surface area contributed by atoms with Gasteiger partial charge in [0, 0.05) is 20.2 Å². The number of aromatic carboxylic acids is 1. The van der Waals surface area contributed by atoms with Crippen LogP contribution in [0.1, 0.15) is 22.3 Å². The minimum absolute atomic E-state index is 0.205. The predicted octanol–water partition coefficient (Wildman–Crippen LogP) is 1.92. The number of aryl methyl sites for hydroxylation is 1. The molecule has 1 atom stereocenters. The van der Waals surface area contributed by atoms with E-state index in [1.807, 2.05) is 13.0 Å². The molecule has 1 saturated heterocycles. The van der Waals surface area contributed by atoms with E-state index in [-0.39, 0.29) is 6.10 Å². The molecule has 92 valence electrons. The summed E-state index contributed by atoms with van der Waals surface area (Å²) in [4.78, 5) is 13.3. The number of hydrogen-bond donors (Lipinski definition) is 1. The largest absolute Gasteiger partial charge is 0.478 e. The highest BCUT2D eigenvalue weighted by Gasteiger charge is 2.26. The molecule has 2 rings (SSSR count). The first kappa shape index (κ1) is 11.9. The van der Waals surface area contributed by atoms with E-state index >= 15 is 0 Å². The van der Waals surface area contributed by atoms with E-state index in [1.165, 1.54) is 0 Å². The van der Waals surface area contributed by atoms with Gasteiger partial charge in [-0.3, -0.25) is 0 Å². The molecule has 1 aromatic carbocycles. The summed E-state index contributed by atoms with van der Waals surface area (Å²) < 4.78 is 5.31. The van der Waals surface area contributed by atoms with Gasteiger partial charge in [-0.1, -0.05) is 12.1 Å². The summed E-state index contributed by atoms with van der Waals surface area (Å²) in [6.45, 7) is 3.56. The lowest BCUT2D eigenvalue weighted by Gasteiger charge is -2.22. The lowest BCUT2D eigenvalue weighted by Crippen LogP contribution is -2.25. The Hall–Kier alpha value is -1.55. The van der Waals surface area contributed by atoms with Crippen molar-refractivity contribution in [2.24, 2.45) is 0 Å². The average molecular weight is 235 g/mol. The van der Waals surface area contributed by atoms with E-state index in [0.29, 0.717) is 5.56 Å². The lowest BCUT2D eigenvalue weighted by atomic mass is 10.1. The normalized spacial score (nSPS) is 19.6. The van der Waals surface area contributed by atoms with Gasteiger partial charge in [0.25, 0.3) is 0 Å². The minimum atomic E-state index is -0.871. The van der Waals surface area contributed by atoms with Gasteiger partial charge in [0.2, 0.25) is 0 Å². The standard InChI is InChI=1S/C13H17NO3/c1-9-4-3-5-11(13(15)16)12(9)14-7-6-10(8-14)17-2/h3-5,10H,6-8H2,1-2H3,(H,15,16). The maximum Gasteiger partial charge on any atom is 0.337 e. The number of methoxy groups -OCH3 is 1. The topological polar surface area (TPSA) is 49.8 Å². The molecule has 0 aliphatic carbocycles. The third kappa shape index (κ3) is 2.26. The van der Waals surface area contributed by atoms with E-state index in [1.54, 1.807) is 19.2 Å². The minimum Gasteiger partial charge on any atom is -0.478 e. The van der Waals surface area contributed by atoms with E-state index in [0.717, 1.165) is 30.8 Å². The first-order valence-corrected chi connectivity index (χ1v) is 5.74. The van der Waals surface area contributed by atoms with Crippen molar-refractivity contribution in [3.05, 3.63) is 29.3 Å². The van der Waals surface area contributed by atoms with E-state index in [2.05, 4.69) is 4.90 Å². The van der Waals surface area contributed by atoms with Crippen molar-refractivity contribution in [1.82, 2.24) is 0 Å². The molecular formula is C13H17NO3. The number of carboxylic acids is 1. The Morgan fingerprint density at radius 1 is 1.53 bits per heavy atom. The smallest absolute Gasteiger partial charge is 0.337 e. The second-order valence-electron chi connectivity index (χ2n) is 4.37. The lowest BCUT2D eigenvalue weighted by molar-refractivity contribution is 0.0697. The molecule has 1 aliphatic rings. The fourth-order valence-corrected chi connectivity index (χ4v) is 2.37. The quantitative estimate of drug-likeness (QED) is 0.869. The molecular weight excluding hydrogens is 218 g/mol. The van der Waals surface area contributed by atoms with Crippen LogP contribution in [0.15, 0.2) is 18.2 Å². The number of para-hydroxylation sites is 1. The fraction of sp³-hybridized carbons (Fsp3) is 0.462. The Morgan fingerprint density at radius 2 is 2.29 bits per heavy atom. The molecule has 17 heavy (non-hydrogen) atoms.